The largest absolute Gasteiger partial charge is 0.207 e. The summed E-state index contributed by atoms with van der Waals surface area (Å²) >= 11 is 5.62. The molecule has 11 heavy (non-hydrogen) atoms. The summed E-state index contributed by atoms with van der Waals surface area (Å²) in [4.78, 5) is 0. The molecule has 0 fully saturated rings. The third-order valence-corrected chi connectivity index (χ3v) is 2.11. The number of alkyl halides is 1. The Bertz CT molecular complexity index is 235. The molecule has 1 rings (SSSR count). The van der Waals surface area contributed by atoms with Gasteiger partial charge in [0.15, 0.2) is 0 Å². The van der Waals surface area contributed by atoms with Crippen LogP contribution in [0, 0.1) is 5.82 Å². The molecule has 0 aliphatic heterocycles. The maximum atomic E-state index is 12.6. The van der Waals surface area contributed by atoms with Gasteiger partial charge in [-0.2, -0.15) is 0 Å². The first-order chi connectivity index (χ1) is 5.24. The number of hydrogen-bond acceptors (Lipinski definition) is 0. The van der Waals surface area contributed by atoms with E-state index in [1.54, 1.807) is 6.07 Å². The molecule has 1 unspecified atom stereocenters. The first-order valence-corrected chi connectivity index (χ1v) is 4.09. The van der Waals surface area contributed by atoms with Crippen molar-refractivity contribution in [3.63, 3.8) is 0 Å². The maximum absolute atomic E-state index is 12.6. The standard InChI is InChI=1S/C9H10ClF/c1-7(6-10)8-3-2-4-9(11)5-8/h2-5,7H,6H2,1H3. The van der Waals surface area contributed by atoms with E-state index in [9.17, 15) is 4.39 Å². The quantitative estimate of drug-likeness (QED) is 0.602. The molecule has 0 bridgehead atoms. The Morgan fingerprint density at radius 3 is 2.82 bits per heavy atom. The lowest BCUT2D eigenvalue weighted by Crippen LogP contribution is -1.94. The van der Waals surface area contributed by atoms with Crippen LogP contribution in [0.25, 0.3) is 0 Å². The summed E-state index contributed by atoms with van der Waals surface area (Å²) in [6.07, 6.45) is 0. The predicted molar refractivity (Wildman–Crippen MR) is 45.5 cm³/mol. The van der Waals surface area contributed by atoms with Crippen molar-refractivity contribution in [3.8, 4) is 0 Å². The summed E-state index contributed by atoms with van der Waals surface area (Å²) < 4.78 is 12.6. The Balaban J connectivity index is 2.86. The van der Waals surface area contributed by atoms with Crippen LogP contribution >= 0.6 is 11.6 Å². The first-order valence-electron chi connectivity index (χ1n) is 3.55. The van der Waals surface area contributed by atoms with Crippen LogP contribution in [-0.2, 0) is 0 Å². The third-order valence-electron chi connectivity index (χ3n) is 1.65. The van der Waals surface area contributed by atoms with Crippen LogP contribution in [0.4, 0.5) is 4.39 Å². The molecule has 1 aromatic carbocycles. The highest BCUT2D eigenvalue weighted by atomic mass is 35.5. The fourth-order valence-corrected chi connectivity index (χ4v) is 1.08. The molecule has 1 aromatic rings. The van der Waals surface area contributed by atoms with Gasteiger partial charge < -0.3 is 0 Å². The van der Waals surface area contributed by atoms with Crippen LogP contribution in [0.2, 0.25) is 0 Å². The number of rotatable bonds is 2. The van der Waals surface area contributed by atoms with Crippen molar-refractivity contribution in [2.24, 2.45) is 0 Å². The molecule has 0 radical (unpaired) electrons. The fourth-order valence-electron chi connectivity index (χ4n) is 0.902. The molecule has 2 heteroatoms. The highest BCUT2D eigenvalue weighted by Gasteiger charge is 2.03. The molecule has 60 valence electrons. The zero-order valence-corrected chi connectivity index (χ0v) is 7.11. The Morgan fingerprint density at radius 2 is 2.27 bits per heavy atom. The molecule has 0 aliphatic rings. The summed E-state index contributed by atoms with van der Waals surface area (Å²) in [5, 5.41) is 0. The lowest BCUT2D eigenvalue weighted by molar-refractivity contribution is 0.623. The first kappa shape index (κ1) is 8.54. The van der Waals surface area contributed by atoms with Gasteiger partial charge in [-0.3, -0.25) is 0 Å². The lowest BCUT2D eigenvalue weighted by Gasteiger charge is -2.06. The molecule has 0 amide bonds. The van der Waals surface area contributed by atoms with E-state index in [0.29, 0.717) is 5.88 Å². The Hall–Kier alpha value is -0.560. The van der Waals surface area contributed by atoms with E-state index in [1.165, 1.54) is 12.1 Å². The number of hydrogen-bond donors (Lipinski definition) is 0. The monoisotopic (exact) mass is 172 g/mol. The van der Waals surface area contributed by atoms with Crippen LogP contribution in [0.15, 0.2) is 24.3 Å². The van der Waals surface area contributed by atoms with Gasteiger partial charge in [-0.1, -0.05) is 19.1 Å². The molecule has 1 atom stereocenters. The maximum Gasteiger partial charge on any atom is 0.123 e. The molecular weight excluding hydrogens is 163 g/mol. The molecule has 0 heterocycles. The van der Waals surface area contributed by atoms with Gasteiger partial charge >= 0.3 is 0 Å². The Labute approximate surface area is 71.0 Å². The van der Waals surface area contributed by atoms with Gasteiger partial charge in [0, 0.05) is 5.88 Å². The minimum absolute atomic E-state index is 0.195. The summed E-state index contributed by atoms with van der Waals surface area (Å²) in [7, 11) is 0. The van der Waals surface area contributed by atoms with Gasteiger partial charge in [0.25, 0.3) is 0 Å². The van der Waals surface area contributed by atoms with Gasteiger partial charge in [0.05, 0.1) is 0 Å². The molecule has 0 nitrogen and oxygen atoms in total. The molecule has 0 aromatic heterocycles. The highest BCUT2D eigenvalue weighted by Crippen LogP contribution is 2.16. The zero-order valence-electron chi connectivity index (χ0n) is 6.35. The smallest absolute Gasteiger partial charge is 0.123 e. The summed E-state index contributed by atoms with van der Waals surface area (Å²) in [5.41, 5.74) is 0.958. The second-order valence-electron chi connectivity index (χ2n) is 2.61. The van der Waals surface area contributed by atoms with E-state index >= 15 is 0 Å². The minimum Gasteiger partial charge on any atom is -0.207 e. The zero-order chi connectivity index (χ0) is 8.27. The van der Waals surface area contributed by atoms with Gasteiger partial charge in [0.1, 0.15) is 5.82 Å². The average Bonchev–Trinajstić information content (AvgIpc) is 2.03. The SMILES string of the molecule is CC(CCl)c1cccc(F)c1. The van der Waals surface area contributed by atoms with E-state index in [1.807, 2.05) is 13.0 Å². The second-order valence-corrected chi connectivity index (χ2v) is 2.92. The Morgan fingerprint density at radius 1 is 1.55 bits per heavy atom. The minimum atomic E-state index is -0.195. The van der Waals surface area contributed by atoms with Crippen molar-refractivity contribution >= 4 is 11.6 Å². The van der Waals surface area contributed by atoms with Crippen molar-refractivity contribution in [3.05, 3.63) is 35.6 Å². The molecule has 0 saturated carbocycles. The normalized spacial score (nSPS) is 13.0. The van der Waals surface area contributed by atoms with Crippen molar-refractivity contribution in [2.45, 2.75) is 12.8 Å². The number of benzene rings is 1. The molecule has 0 spiro atoms. The van der Waals surface area contributed by atoms with Crippen molar-refractivity contribution < 1.29 is 4.39 Å². The molecule has 0 N–H and O–H groups in total. The third kappa shape index (κ3) is 2.19. The fraction of sp³-hybridized carbons (Fsp3) is 0.333. The molecule has 0 aliphatic carbocycles. The van der Waals surface area contributed by atoms with Crippen LogP contribution < -0.4 is 0 Å². The van der Waals surface area contributed by atoms with Gasteiger partial charge in [-0.25, -0.2) is 4.39 Å². The van der Waals surface area contributed by atoms with Crippen LogP contribution in [-0.4, -0.2) is 5.88 Å². The van der Waals surface area contributed by atoms with Crippen LogP contribution in [0.1, 0.15) is 18.4 Å². The molecule has 0 saturated heterocycles. The topological polar surface area (TPSA) is 0 Å². The Kier molecular flexibility index (Phi) is 2.89. The predicted octanol–water partition coefficient (Wildman–Crippen LogP) is 3.17. The summed E-state index contributed by atoms with van der Waals surface area (Å²) in [6, 6.07) is 6.54. The van der Waals surface area contributed by atoms with Gasteiger partial charge in [-0.05, 0) is 23.6 Å². The molecular formula is C9H10ClF. The summed E-state index contributed by atoms with van der Waals surface area (Å²) in [5.74, 6) is 0.565. The average molecular weight is 173 g/mol. The number of halogens is 2. The van der Waals surface area contributed by atoms with Crippen LogP contribution in [0.5, 0.6) is 0 Å². The van der Waals surface area contributed by atoms with Crippen LogP contribution in [0.3, 0.4) is 0 Å². The summed E-state index contributed by atoms with van der Waals surface area (Å²) in [6.45, 7) is 1.97. The van der Waals surface area contributed by atoms with E-state index in [4.69, 9.17) is 11.6 Å². The van der Waals surface area contributed by atoms with Crippen molar-refractivity contribution in [2.75, 3.05) is 5.88 Å². The van der Waals surface area contributed by atoms with E-state index < -0.39 is 0 Å². The van der Waals surface area contributed by atoms with E-state index in [-0.39, 0.29) is 11.7 Å². The van der Waals surface area contributed by atoms with Gasteiger partial charge in [0.2, 0.25) is 0 Å². The highest BCUT2D eigenvalue weighted by molar-refractivity contribution is 6.18. The van der Waals surface area contributed by atoms with Crippen molar-refractivity contribution in [1.29, 1.82) is 0 Å². The lowest BCUT2D eigenvalue weighted by atomic mass is 10.0. The van der Waals surface area contributed by atoms with E-state index in [0.717, 1.165) is 5.56 Å². The second kappa shape index (κ2) is 3.72. The van der Waals surface area contributed by atoms with Crippen molar-refractivity contribution in [1.82, 2.24) is 0 Å². The van der Waals surface area contributed by atoms with E-state index in [2.05, 4.69) is 0 Å². The van der Waals surface area contributed by atoms with Gasteiger partial charge in [-0.15, -0.1) is 11.6 Å².